The van der Waals surface area contributed by atoms with Crippen LogP contribution in [0.15, 0.2) is 0 Å². The molecule has 0 amide bonds. The Kier molecular flexibility index (Phi) is 5.08. The Hall–Kier alpha value is -0.0800. The van der Waals surface area contributed by atoms with Crippen LogP contribution in [0.4, 0.5) is 0 Å². The van der Waals surface area contributed by atoms with Crippen LogP contribution in [0.5, 0.6) is 0 Å². The van der Waals surface area contributed by atoms with Crippen LogP contribution in [-0.4, -0.2) is 25.9 Å². The maximum Gasteiger partial charge on any atom is 0.0707 e. The predicted molar refractivity (Wildman–Crippen MR) is 74.7 cm³/mol. The molecule has 0 saturated heterocycles. The third-order valence-corrected chi connectivity index (χ3v) is 5.69. The Morgan fingerprint density at radius 2 is 1.56 bits per heavy atom. The smallest absolute Gasteiger partial charge is 0.0707 e. The summed E-state index contributed by atoms with van der Waals surface area (Å²) in [7, 11) is 3.79. The molecule has 2 rings (SSSR count). The highest BCUT2D eigenvalue weighted by atomic mass is 16.5. The van der Waals surface area contributed by atoms with Gasteiger partial charge in [0.05, 0.1) is 11.7 Å². The zero-order valence-corrected chi connectivity index (χ0v) is 12.4. The molecule has 0 aromatic rings. The minimum atomic E-state index is 0.199. The van der Waals surface area contributed by atoms with Crippen molar-refractivity contribution in [2.24, 2.45) is 11.8 Å². The molecule has 2 fully saturated rings. The summed E-state index contributed by atoms with van der Waals surface area (Å²) in [6.07, 6.45) is 12.2. The summed E-state index contributed by atoms with van der Waals surface area (Å²) >= 11 is 0. The Morgan fingerprint density at radius 3 is 2.00 bits per heavy atom. The average Bonchev–Trinajstić information content (AvgIpc) is 2.47. The summed E-state index contributed by atoms with van der Waals surface area (Å²) in [6, 6.07) is 0. The second-order valence-electron chi connectivity index (χ2n) is 6.33. The molecule has 2 aliphatic carbocycles. The maximum atomic E-state index is 6.04. The minimum Gasteiger partial charge on any atom is -0.381 e. The summed E-state index contributed by atoms with van der Waals surface area (Å²) in [5.74, 6) is 1.72. The Morgan fingerprint density at radius 1 is 0.944 bits per heavy atom. The molecule has 18 heavy (non-hydrogen) atoms. The highest BCUT2D eigenvalue weighted by Crippen LogP contribution is 2.46. The zero-order chi connectivity index (χ0) is 13.0. The maximum absolute atomic E-state index is 6.04. The summed E-state index contributed by atoms with van der Waals surface area (Å²) in [5.41, 5.74) is 0.199. The van der Waals surface area contributed by atoms with E-state index in [9.17, 15) is 0 Å². The highest BCUT2D eigenvalue weighted by Gasteiger charge is 2.42. The standard InChI is InChI=1S/C16H30O2/c1-4-13-9-11-16(18-3,12-10-13)14-5-7-15(17-2)8-6-14/h13-15H,4-12H2,1-3H3/t13-,14-,15-,16-. The summed E-state index contributed by atoms with van der Waals surface area (Å²) in [5, 5.41) is 0. The lowest BCUT2D eigenvalue weighted by Gasteiger charge is -2.46. The van der Waals surface area contributed by atoms with E-state index >= 15 is 0 Å². The first kappa shape index (κ1) is 14.3. The lowest BCUT2D eigenvalue weighted by atomic mass is 9.67. The van der Waals surface area contributed by atoms with Crippen LogP contribution < -0.4 is 0 Å². The number of methoxy groups -OCH3 is 2. The summed E-state index contributed by atoms with van der Waals surface area (Å²) in [6.45, 7) is 2.33. The van der Waals surface area contributed by atoms with Gasteiger partial charge in [0, 0.05) is 14.2 Å². The van der Waals surface area contributed by atoms with E-state index in [4.69, 9.17) is 9.47 Å². The van der Waals surface area contributed by atoms with Crippen LogP contribution in [0.3, 0.4) is 0 Å². The fourth-order valence-corrected chi connectivity index (χ4v) is 4.18. The number of hydrogen-bond donors (Lipinski definition) is 0. The quantitative estimate of drug-likeness (QED) is 0.749. The normalized spacial score (nSPS) is 41.8. The Balaban J connectivity index is 1.92. The van der Waals surface area contributed by atoms with Gasteiger partial charge in [-0.25, -0.2) is 0 Å². The average molecular weight is 254 g/mol. The van der Waals surface area contributed by atoms with Crippen molar-refractivity contribution in [3.05, 3.63) is 0 Å². The van der Waals surface area contributed by atoms with Gasteiger partial charge in [-0.3, -0.25) is 0 Å². The molecule has 2 saturated carbocycles. The third kappa shape index (κ3) is 2.91. The van der Waals surface area contributed by atoms with Crippen molar-refractivity contribution >= 4 is 0 Å². The molecule has 0 aromatic carbocycles. The molecule has 0 aromatic heterocycles. The van der Waals surface area contributed by atoms with Crippen LogP contribution in [0.1, 0.15) is 64.7 Å². The van der Waals surface area contributed by atoms with Crippen LogP contribution in [0.25, 0.3) is 0 Å². The molecule has 2 nitrogen and oxygen atoms in total. The molecule has 0 bridgehead atoms. The van der Waals surface area contributed by atoms with Crippen molar-refractivity contribution in [2.75, 3.05) is 14.2 Å². The first-order valence-electron chi connectivity index (χ1n) is 7.82. The third-order valence-electron chi connectivity index (χ3n) is 5.69. The molecule has 2 heteroatoms. The van der Waals surface area contributed by atoms with E-state index in [0.717, 1.165) is 11.8 Å². The Bertz CT molecular complexity index is 235. The zero-order valence-electron chi connectivity index (χ0n) is 12.4. The van der Waals surface area contributed by atoms with E-state index in [-0.39, 0.29) is 5.60 Å². The lowest BCUT2D eigenvalue weighted by Crippen LogP contribution is -2.45. The van der Waals surface area contributed by atoms with Gasteiger partial charge in [-0.05, 0) is 63.2 Å². The van der Waals surface area contributed by atoms with Crippen molar-refractivity contribution in [3.63, 3.8) is 0 Å². The van der Waals surface area contributed by atoms with E-state index in [1.54, 1.807) is 0 Å². The molecule has 0 aliphatic heterocycles. The van der Waals surface area contributed by atoms with E-state index < -0.39 is 0 Å². The molecule has 0 radical (unpaired) electrons. The van der Waals surface area contributed by atoms with Gasteiger partial charge in [-0.2, -0.15) is 0 Å². The van der Waals surface area contributed by atoms with Crippen LogP contribution in [0, 0.1) is 11.8 Å². The Labute approximate surface area is 112 Å². The first-order chi connectivity index (χ1) is 8.74. The van der Waals surface area contributed by atoms with Crippen molar-refractivity contribution in [2.45, 2.75) is 76.4 Å². The van der Waals surface area contributed by atoms with Crippen molar-refractivity contribution in [1.29, 1.82) is 0 Å². The molecule has 0 heterocycles. The van der Waals surface area contributed by atoms with Gasteiger partial charge in [0.25, 0.3) is 0 Å². The highest BCUT2D eigenvalue weighted by molar-refractivity contribution is 4.94. The summed E-state index contributed by atoms with van der Waals surface area (Å²) < 4.78 is 11.5. The second-order valence-corrected chi connectivity index (χ2v) is 6.33. The van der Waals surface area contributed by atoms with Gasteiger partial charge in [-0.1, -0.05) is 13.3 Å². The van der Waals surface area contributed by atoms with Gasteiger partial charge in [0.15, 0.2) is 0 Å². The van der Waals surface area contributed by atoms with Crippen LogP contribution in [-0.2, 0) is 9.47 Å². The molecule has 0 N–H and O–H groups in total. The van der Waals surface area contributed by atoms with Crippen LogP contribution in [0.2, 0.25) is 0 Å². The molecule has 2 aliphatic rings. The monoisotopic (exact) mass is 254 g/mol. The van der Waals surface area contributed by atoms with Gasteiger partial charge >= 0.3 is 0 Å². The van der Waals surface area contributed by atoms with E-state index in [1.165, 1.54) is 57.8 Å². The topological polar surface area (TPSA) is 18.5 Å². The molecule has 0 spiro atoms. The molecular formula is C16H30O2. The van der Waals surface area contributed by atoms with E-state index in [2.05, 4.69) is 6.92 Å². The van der Waals surface area contributed by atoms with E-state index in [0.29, 0.717) is 6.10 Å². The van der Waals surface area contributed by atoms with Crippen LogP contribution >= 0.6 is 0 Å². The molecule has 106 valence electrons. The SMILES string of the molecule is CC[C@H]1CC[C@@](OC)([C@H]2CC[C@H](OC)CC2)CC1. The molecule has 0 atom stereocenters. The van der Waals surface area contributed by atoms with Gasteiger partial charge in [0.2, 0.25) is 0 Å². The number of rotatable bonds is 4. The van der Waals surface area contributed by atoms with Gasteiger partial charge in [-0.15, -0.1) is 0 Å². The largest absolute Gasteiger partial charge is 0.381 e. The molecule has 0 unspecified atom stereocenters. The van der Waals surface area contributed by atoms with Crippen molar-refractivity contribution < 1.29 is 9.47 Å². The van der Waals surface area contributed by atoms with Crippen molar-refractivity contribution in [1.82, 2.24) is 0 Å². The fraction of sp³-hybridized carbons (Fsp3) is 1.00. The molecular weight excluding hydrogens is 224 g/mol. The number of hydrogen-bond acceptors (Lipinski definition) is 2. The van der Waals surface area contributed by atoms with Gasteiger partial charge < -0.3 is 9.47 Å². The fourth-order valence-electron chi connectivity index (χ4n) is 4.18. The van der Waals surface area contributed by atoms with Crippen molar-refractivity contribution in [3.8, 4) is 0 Å². The second kappa shape index (κ2) is 6.38. The predicted octanol–water partition coefficient (Wildman–Crippen LogP) is 4.18. The van der Waals surface area contributed by atoms with Gasteiger partial charge in [0.1, 0.15) is 0 Å². The number of ether oxygens (including phenoxy) is 2. The van der Waals surface area contributed by atoms with E-state index in [1.807, 2.05) is 14.2 Å². The minimum absolute atomic E-state index is 0.199. The lowest BCUT2D eigenvalue weighted by molar-refractivity contribution is -0.110. The first-order valence-corrected chi connectivity index (χ1v) is 7.82. The summed E-state index contributed by atoms with van der Waals surface area (Å²) in [4.78, 5) is 0.